The number of benzene rings is 2. The van der Waals surface area contributed by atoms with E-state index in [1.165, 1.54) is 12.1 Å². The van der Waals surface area contributed by atoms with Crippen molar-refractivity contribution in [2.24, 2.45) is 0 Å². The predicted octanol–water partition coefficient (Wildman–Crippen LogP) is 3.70. The molecule has 0 bridgehead atoms. The summed E-state index contributed by atoms with van der Waals surface area (Å²) in [7, 11) is 1.55. The Morgan fingerprint density at radius 1 is 1.15 bits per heavy atom. The van der Waals surface area contributed by atoms with Gasteiger partial charge in [0.2, 0.25) is 0 Å². The van der Waals surface area contributed by atoms with Crippen molar-refractivity contribution in [2.45, 2.75) is 0 Å². The first-order valence-electron chi connectivity index (χ1n) is 5.79. The molecule has 0 aliphatic rings. The first-order chi connectivity index (χ1) is 9.58. The fourth-order valence-corrected chi connectivity index (χ4v) is 1.70. The molecule has 3 N–H and O–H groups in total. The van der Waals surface area contributed by atoms with Gasteiger partial charge in [0.1, 0.15) is 11.5 Å². The van der Waals surface area contributed by atoms with Crippen LogP contribution in [0.1, 0.15) is 0 Å². The Balaban J connectivity index is 2.03. The lowest BCUT2D eigenvalue weighted by Gasteiger charge is -2.09. The molecule has 20 heavy (non-hydrogen) atoms. The molecule has 0 fully saturated rings. The standard InChI is InChI=1S/C14H13ClN2O3/c1-20-11-4-2-3-9(7-11)16-14(19)17-10-5-6-12(15)13(18)8-10/h2-8,18H,1H3,(H2,16,17,19). The first-order valence-corrected chi connectivity index (χ1v) is 6.17. The van der Waals surface area contributed by atoms with Crippen LogP contribution in [0.3, 0.4) is 0 Å². The Hall–Kier alpha value is -2.40. The van der Waals surface area contributed by atoms with Crippen molar-refractivity contribution < 1.29 is 14.6 Å². The average Bonchev–Trinajstić information content (AvgIpc) is 2.43. The molecule has 0 heterocycles. The van der Waals surface area contributed by atoms with Gasteiger partial charge < -0.3 is 20.5 Å². The molecule has 0 saturated heterocycles. The van der Waals surface area contributed by atoms with Crippen LogP contribution in [-0.2, 0) is 0 Å². The number of carbonyl (C=O) groups excluding carboxylic acids is 1. The van der Waals surface area contributed by atoms with Crippen LogP contribution >= 0.6 is 11.6 Å². The molecule has 104 valence electrons. The number of amides is 2. The van der Waals surface area contributed by atoms with Gasteiger partial charge in [-0.25, -0.2) is 4.79 Å². The van der Waals surface area contributed by atoms with Crippen LogP contribution in [-0.4, -0.2) is 18.2 Å². The maximum Gasteiger partial charge on any atom is 0.323 e. The number of nitrogens with one attached hydrogen (secondary N) is 2. The summed E-state index contributed by atoms with van der Waals surface area (Å²) >= 11 is 5.69. The Labute approximate surface area is 121 Å². The molecule has 0 spiro atoms. The largest absolute Gasteiger partial charge is 0.506 e. The van der Waals surface area contributed by atoms with Crippen molar-refractivity contribution in [2.75, 3.05) is 17.7 Å². The van der Waals surface area contributed by atoms with Crippen LogP contribution in [0.2, 0.25) is 5.02 Å². The monoisotopic (exact) mass is 292 g/mol. The summed E-state index contributed by atoms with van der Waals surface area (Å²) in [5.41, 5.74) is 1.03. The van der Waals surface area contributed by atoms with E-state index in [9.17, 15) is 9.90 Å². The van der Waals surface area contributed by atoms with E-state index in [2.05, 4.69) is 10.6 Å². The van der Waals surface area contributed by atoms with E-state index in [-0.39, 0.29) is 10.8 Å². The van der Waals surface area contributed by atoms with Crippen LogP contribution in [0.25, 0.3) is 0 Å². The molecule has 2 aromatic carbocycles. The number of methoxy groups -OCH3 is 1. The number of phenols is 1. The predicted molar refractivity (Wildman–Crippen MR) is 78.8 cm³/mol. The van der Waals surface area contributed by atoms with Crippen molar-refractivity contribution >= 4 is 29.0 Å². The van der Waals surface area contributed by atoms with E-state index in [0.717, 1.165) is 0 Å². The van der Waals surface area contributed by atoms with Gasteiger partial charge in [0.05, 0.1) is 12.1 Å². The summed E-state index contributed by atoms with van der Waals surface area (Å²) in [6, 6.07) is 11.0. The number of ether oxygens (including phenoxy) is 1. The fourth-order valence-electron chi connectivity index (χ4n) is 1.58. The summed E-state index contributed by atoms with van der Waals surface area (Å²) in [5, 5.41) is 14.9. The highest BCUT2D eigenvalue weighted by molar-refractivity contribution is 6.32. The molecule has 0 unspecified atom stereocenters. The molecule has 2 rings (SSSR count). The quantitative estimate of drug-likeness (QED) is 0.808. The molecule has 0 saturated carbocycles. The number of hydrogen-bond donors (Lipinski definition) is 3. The van der Waals surface area contributed by atoms with E-state index >= 15 is 0 Å². The summed E-state index contributed by atoms with van der Waals surface area (Å²) < 4.78 is 5.06. The Bertz CT molecular complexity index is 632. The van der Waals surface area contributed by atoms with Gasteiger partial charge in [0.15, 0.2) is 0 Å². The SMILES string of the molecule is COc1cccc(NC(=O)Nc2ccc(Cl)c(O)c2)c1. The van der Waals surface area contributed by atoms with Crippen LogP contribution in [0.4, 0.5) is 16.2 Å². The topological polar surface area (TPSA) is 70.6 Å². The zero-order valence-electron chi connectivity index (χ0n) is 10.7. The number of urea groups is 1. The number of anilines is 2. The minimum Gasteiger partial charge on any atom is -0.506 e. The third kappa shape index (κ3) is 3.55. The van der Waals surface area contributed by atoms with E-state index < -0.39 is 6.03 Å². The maximum atomic E-state index is 11.8. The van der Waals surface area contributed by atoms with Gasteiger partial charge in [0.25, 0.3) is 0 Å². The number of halogens is 1. The molecule has 0 aliphatic heterocycles. The van der Waals surface area contributed by atoms with Gasteiger partial charge in [-0.3, -0.25) is 0 Å². The third-order valence-electron chi connectivity index (χ3n) is 2.53. The van der Waals surface area contributed by atoms with Crippen molar-refractivity contribution in [3.8, 4) is 11.5 Å². The third-order valence-corrected chi connectivity index (χ3v) is 2.85. The minimum absolute atomic E-state index is 0.0918. The Kier molecular flexibility index (Phi) is 4.32. The second-order valence-electron chi connectivity index (χ2n) is 3.98. The molecule has 0 aromatic heterocycles. The Morgan fingerprint density at radius 3 is 2.50 bits per heavy atom. The number of carbonyl (C=O) groups is 1. The van der Waals surface area contributed by atoms with Crippen molar-refractivity contribution in [3.63, 3.8) is 0 Å². The first kappa shape index (κ1) is 14.0. The second kappa shape index (κ2) is 6.16. The second-order valence-corrected chi connectivity index (χ2v) is 4.38. The molecule has 2 aromatic rings. The highest BCUT2D eigenvalue weighted by atomic mass is 35.5. The Morgan fingerprint density at radius 2 is 1.85 bits per heavy atom. The zero-order valence-corrected chi connectivity index (χ0v) is 11.4. The molecule has 0 atom stereocenters. The summed E-state index contributed by atoms with van der Waals surface area (Å²) in [6.45, 7) is 0. The van der Waals surface area contributed by atoms with Gasteiger partial charge in [-0.15, -0.1) is 0 Å². The summed E-state index contributed by atoms with van der Waals surface area (Å²) in [6.07, 6.45) is 0. The fraction of sp³-hybridized carbons (Fsp3) is 0.0714. The smallest absolute Gasteiger partial charge is 0.323 e. The highest BCUT2D eigenvalue weighted by Crippen LogP contribution is 2.26. The zero-order chi connectivity index (χ0) is 14.5. The van der Waals surface area contributed by atoms with Crippen LogP contribution in [0.15, 0.2) is 42.5 Å². The van der Waals surface area contributed by atoms with E-state index in [1.807, 2.05) is 0 Å². The summed E-state index contributed by atoms with van der Waals surface area (Å²) in [4.78, 5) is 11.8. The normalized spacial score (nSPS) is 9.90. The number of phenolic OH excluding ortho intramolecular Hbond substituents is 1. The maximum absolute atomic E-state index is 11.8. The average molecular weight is 293 g/mol. The number of aromatic hydroxyl groups is 1. The van der Waals surface area contributed by atoms with E-state index in [4.69, 9.17) is 16.3 Å². The molecule has 5 nitrogen and oxygen atoms in total. The minimum atomic E-state index is -0.431. The molecule has 6 heteroatoms. The lowest BCUT2D eigenvalue weighted by molar-refractivity contribution is 0.262. The van der Waals surface area contributed by atoms with Crippen molar-refractivity contribution in [1.82, 2.24) is 0 Å². The lowest BCUT2D eigenvalue weighted by Crippen LogP contribution is -2.19. The number of rotatable bonds is 3. The van der Waals surface area contributed by atoms with Crippen molar-refractivity contribution in [3.05, 3.63) is 47.5 Å². The molecule has 0 radical (unpaired) electrons. The van der Waals surface area contributed by atoms with E-state index in [1.54, 1.807) is 37.4 Å². The van der Waals surface area contributed by atoms with Crippen LogP contribution < -0.4 is 15.4 Å². The summed E-state index contributed by atoms with van der Waals surface area (Å²) in [5.74, 6) is 0.554. The molecular formula is C14H13ClN2O3. The van der Waals surface area contributed by atoms with Crippen molar-refractivity contribution in [1.29, 1.82) is 0 Å². The van der Waals surface area contributed by atoms with E-state index in [0.29, 0.717) is 17.1 Å². The van der Waals surface area contributed by atoms with Gasteiger partial charge in [-0.1, -0.05) is 17.7 Å². The number of hydrogen-bond acceptors (Lipinski definition) is 3. The molecular weight excluding hydrogens is 280 g/mol. The molecule has 0 aliphatic carbocycles. The van der Waals surface area contributed by atoms with Crippen LogP contribution in [0.5, 0.6) is 11.5 Å². The van der Waals surface area contributed by atoms with Gasteiger partial charge in [0, 0.05) is 23.5 Å². The van der Waals surface area contributed by atoms with Gasteiger partial charge in [-0.2, -0.15) is 0 Å². The lowest BCUT2D eigenvalue weighted by atomic mass is 10.3. The van der Waals surface area contributed by atoms with Crippen LogP contribution in [0, 0.1) is 0 Å². The highest BCUT2D eigenvalue weighted by Gasteiger charge is 2.05. The molecule has 2 amide bonds. The van der Waals surface area contributed by atoms with Gasteiger partial charge >= 0.3 is 6.03 Å². The van der Waals surface area contributed by atoms with Gasteiger partial charge in [-0.05, 0) is 24.3 Å².